The number of hydrogen-bond acceptors (Lipinski definition) is 4. The molecule has 7 heteroatoms. The summed E-state index contributed by atoms with van der Waals surface area (Å²) in [6.45, 7) is 1.59. The molecule has 35 heavy (non-hydrogen) atoms. The van der Waals surface area contributed by atoms with Gasteiger partial charge in [-0.25, -0.2) is 4.98 Å². The quantitative estimate of drug-likeness (QED) is 0.454. The average molecular weight is 465 g/mol. The second-order valence-corrected chi connectivity index (χ2v) is 9.15. The third-order valence-corrected chi connectivity index (χ3v) is 7.12. The van der Waals surface area contributed by atoms with E-state index in [0.717, 1.165) is 29.4 Å². The molecule has 0 saturated carbocycles. The summed E-state index contributed by atoms with van der Waals surface area (Å²) in [5.41, 5.74) is 4.49. The van der Waals surface area contributed by atoms with Crippen LogP contribution in [0.25, 0.3) is 11.0 Å². The van der Waals surface area contributed by atoms with Crippen LogP contribution in [0.4, 0.5) is 0 Å². The summed E-state index contributed by atoms with van der Waals surface area (Å²) in [6.07, 6.45) is 5.65. The molecule has 6 rings (SSSR count). The maximum Gasteiger partial charge on any atom is 0.261 e. The largest absolute Gasteiger partial charge is 0.346 e. The molecule has 2 aliphatic heterocycles. The van der Waals surface area contributed by atoms with Crippen molar-refractivity contribution in [3.05, 3.63) is 101 Å². The number of nitrogens with one attached hydrogen (secondary N) is 1. The number of H-pyrrole nitrogens is 1. The SMILES string of the molecule is O=C(c1ccc(CN2C(=O)c3ccccc3C2=O)cc1)N1CCC(c2c[nH]c3ncccc23)CC1. The van der Waals surface area contributed by atoms with Crippen molar-refractivity contribution >= 4 is 28.8 Å². The Morgan fingerprint density at radius 1 is 0.914 bits per heavy atom. The zero-order valence-electron chi connectivity index (χ0n) is 19.1. The molecule has 4 heterocycles. The molecular formula is C28H24N4O3. The van der Waals surface area contributed by atoms with Crippen LogP contribution in [0, 0.1) is 0 Å². The Morgan fingerprint density at radius 2 is 1.60 bits per heavy atom. The summed E-state index contributed by atoms with van der Waals surface area (Å²) in [4.78, 5) is 49.1. The third-order valence-electron chi connectivity index (χ3n) is 7.12. The number of carbonyl (C=O) groups excluding carboxylic acids is 3. The molecule has 0 aliphatic carbocycles. The molecule has 1 fully saturated rings. The van der Waals surface area contributed by atoms with Gasteiger partial charge in [0.25, 0.3) is 17.7 Å². The first-order valence-electron chi connectivity index (χ1n) is 11.9. The fourth-order valence-electron chi connectivity index (χ4n) is 5.21. The molecule has 1 N–H and O–H groups in total. The average Bonchev–Trinajstić information content (AvgIpc) is 3.44. The predicted molar refractivity (Wildman–Crippen MR) is 131 cm³/mol. The van der Waals surface area contributed by atoms with E-state index in [1.54, 1.807) is 42.6 Å². The molecule has 174 valence electrons. The number of likely N-dealkylation sites (tertiary alicyclic amines) is 1. The van der Waals surface area contributed by atoms with Crippen molar-refractivity contribution in [3.8, 4) is 0 Å². The van der Waals surface area contributed by atoms with E-state index in [4.69, 9.17) is 0 Å². The minimum absolute atomic E-state index is 0.0105. The van der Waals surface area contributed by atoms with E-state index in [1.807, 2.05) is 29.3 Å². The van der Waals surface area contributed by atoms with Crippen LogP contribution >= 0.6 is 0 Å². The van der Waals surface area contributed by atoms with Crippen LogP contribution in [0.3, 0.4) is 0 Å². The van der Waals surface area contributed by atoms with E-state index in [2.05, 4.69) is 16.0 Å². The molecule has 1 saturated heterocycles. The van der Waals surface area contributed by atoms with Gasteiger partial charge in [0, 0.05) is 36.4 Å². The van der Waals surface area contributed by atoms with Crippen LogP contribution in [0.1, 0.15) is 61.0 Å². The summed E-state index contributed by atoms with van der Waals surface area (Å²) in [6, 6.07) is 18.1. The normalized spacial score (nSPS) is 16.2. The van der Waals surface area contributed by atoms with Crippen molar-refractivity contribution in [2.24, 2.45) is 0 Å². The monoisotopic (exact) mass is 464 g/mol. The molecule has 0 atom stereocenters. The van der Waals surface area contributed by atoms with Gasteiger partial charge in [-0.15, -0.1) is 0 Å². The second kappa shape index (κ2) is 8.51. The van der Waals surface area contributed by atoms with Gasteiger partial charge in [-0.05, 0) is 66.3 Å². The fourth-order valence-corrected chi connectivity index (χ4v) is 5.21. The Labute approximate surface area is 202 Å². The maximum atomic E-state index is 13.1. The lowest BCUT2D eigenvalue weighted by molar-refractivity contribution is 0.0640. The van der Waals surface area contributed by atoms with Gasteiger partial charge < -0.3 is 9.88 Å². The number of rotatable bonds is 4. The van der Waals surface area contributed by atoms with E-state index < -0.39 is 0 Å². The van der Waals surface area contributed by atoms with Gasteiger partial charge in [-0.1, -0.05) is 24.3 Å². The van der Waals surface area contributed by atoms with Crippen molar-refractivity contribution in [2.75, 3.05) is 13.1 Å². The first kappa shape index (κ1) is 21.3. The van der Waals surface area contributed by atoms with Crippen LogP contribution in [-0.2, 0) is 6.54 Å². The van der Waals surface area contributed by atoms with E-state index in [1.165, 1.54) is 10.5 Å². The number of imide groups is 1. The molecule has 2 aromatic carbocycles. The lowest BCUT2D eigenvalue weighted by Crippen LogP contribution is -2.37. The molecule has 0 radical (unpaired) electrons. The Morgan fingerprint density at radius 3 is 2.29 bits per heavy atom. The van der Waals surface area contributed by atoms with Gasteiger partial charge in [-0.2, -0.15) is 0 Å². The topological polar surface area (TPSA) is 86.4 Å². The highest BCUT2D eigenvalue weighted by molar-refractivity contribution is 6.21. The summed E-state index contributed by atoms with van der Waals surface area (Å²) in [5.74, 6) is -0.144. The summed E-state index contributed by atoms with van der Waals surface area (Å²) in [7, 11) is 0. The van der Waals surface area contributed by atoms with Gasteiger partial charge in [0.05, 0.1) is 17.7 Å². The van der Waals surface area contributed by atoms with Crippen molar-refractivity contribution in [3.63, 3.8) is 0 Å². The van der Waals surface area contributed by atoms with Gasteiger partial charge >= 0.3 is 0 Å². The molecule has 0 unspecified atom stereocenters. The first-order chi connectivity index (χ1) is 17.1. The van der Waals surface area contributed by atoms with Crippen LogP contribution in [0.2, 0.25) is 0 Å². The number of benzene rings is 2. The van der Waals surface area contributed by atoms with Crippen LogP contribution in [0.5, 0.6) is 0 Å². The number of hydrogen-bond donors (Lipinski definition) is 1. The lowest BCUT2D eigenvalue weighted by atomic mass is 9.89. The smallest absolute Gasteiger partial charge is 0.261 e. The number of carbonyl (C=O) groups is 3. The highest BCUT2D eigenvalue weighted by atomic mass is 16.2. The Balaban J connectivity index is 1.10. The lowest BCUT2D eigenvalue weighted by Gasteiger charge is -2.32. The van der Waals surface area contributed by atoms with Gasteiger partial charge in [0.15, 0.2) is 0 Å². The van der Waals surface area contributed by atoms with Gasteiger partial charge in [-0.3, -0.25) is 19.3 Å². The Hall–Kier alpha value is -4.26. The molecule has 3 amide bonds. The van der Waals surface area contributed by atoms with Crippen molar-refractivity contribution in [2.45, 2.75) is 25.3 Å². The summed E-state index contributed by atoms with van der Waals surface area (Å²) in [5, 5.41) is 1.16. The summed E-state index contributed by atoms with van der Waals surface area (Å²) >= 11 is 0. The molecular weight excluding hydrogens is 440 g/mol. The number of aromatic nitrogens is 2. The number of nitrogens with zero attached hydrogens (tertiary/aromatic N) is 3. The highest BCUT2D eigenvalue weighted by Gasteiger charge is 2.35. The van der Waals surface area contributed by atoms with Crippen molar-refractivity contribution in [1.82, 2.24) is 19.8 Å². The number of piperidine rings is 1. The first-order valence-corrected chi connectivity index (χ1v) is 11.9. The second-order valence-electron chi connectivity index (χ2n) is 9.15. The third kappa shape index (κ3) is 3.69. The van der Waals surface area contributed by atoms with E-state index in [9.17, 15) is 14.4 Å². The Bertz CT molecular complexity index is 1410. The zero-order valence-corrected chi connectivity index (χ0v) is 19.1. The minimum Gasteiger partial charge on any atom is -0.346 e. The predicted octanol–water partition coefficient (Wildman–Crippen LogP) is 4.38. The molecule has 2 aliphatic rings. The minimum atomic E-state index is -0.278. The van der Waals surface area contributed by atoms with Gasteiger partial charge in [0.2, 0.25) is 0 Å². The van der Waals surface area contributed by atoms with E-state index in [0.29, 0.717) is 35.7 Å². The van der Waals surface area contributed by atoms with Crippen LogP contribution < -0.4 is 0 Å². The highest BCUT2D eigenvalue weighted by Crippen LogP contribution is 2.33. The molecule has 4 aromatic rings. The van der Waals surface area contributed by atoms with Crippen LogP contribution in [-0.4, -0.2) is 50.6 Å². The molecule has 0 bridgehead atoms. The number of aromatic amines is 1. The van der Waals surface area contributed by atoms with Gasteiger partial charge in [0.1, 0.15) is 5.65 Å². The number of amides is 3. The number of pyridine rings is 1. The fraction of sp³-hybridized carbons (Fsp3) is 0.214. The molecule has 0 spiro atoms. The van der Waals surface area contributed by atoms with Crippen molar-refractivity contribution < 1.29 is 14.4 Å². The zero-order chi connectivity index (χ0) is 23.9. The molecule has 7 nitrogen and oxygen atoms in total. The Kier molecular flexibility index (Phi) is 5.17. The summed E-state index contributed by atoms with van der Waals surface area (Å²) < 4.78 is 0. The molecule has 2 aromatic heterocycles. The van der Waals surface area contributed by atoms with Crippen molar-refractivity contribution in [1.29, 1.82) is 0 Å². The standard InChI is InChI=1S/C28H24N4O3/c33-26(31-14-11-19(12-15-31)24-16-30-25-21(24)6-3-13-29-25)20-9-7-18(8-10-20)17-32-27(34)22-4-1-2-5-23(22)28(32)35/h1-10,13,16,19H,11-12,14-15,17H2,(H,29,30). The maximum absolute atomic E-state index is 13.1. The van der Waals surface area contributed by atoms with E-state index >= 15 is 0 Å². The van der Waals surface area contributed by atoms with E-state index in [-0.39, 0.29) is 24.3 Å². The number of fused-ring (bicyclic) bond motifs is 2. The van der Waals surface area contributed by atoms with Crippen LogP contribution in [0.15, 0.2) is 73.1 Å².